The van der Waals surface area contributed by atoms with Crippen LogP contribution in [0.5, 0.6) is 0 Å². The van der Waals surface area contributed by atoms with E-state index < -0.39 is 0 Å². The number of rotatable bonds is 5. The Bertz CT molecular complexity index is 414. The van der Waals surface area contributed by atoms with E-state index in [4.69, 9.17) is 0 Å². The Kier molecular flexibility index (Phi) is 4.26. The molecule has 18 heavy (non-hydrogen) atoms. The molecule has 0 bridgehead atoms. The van der Waals surface area contributed by atoms with Crippen molar-refractivity contribution >= 4 is 11.4 Å². The molecule has 1 aliphatic heterocycles. The summed E-state index contributed by atoms with van der Waals surface area (Å²) in [7, 11) is 2.16. The number of anilines is 2. The Morgan fingerprint density at radius 3 is 2.72 bits per heavy atom. The van der Waals surface area contributed by atoms with Crippen LogP contribution in [0.3, 0.4) is 0 Å². The standard InChI is InChI=1S/C15H23N3/c1-4-16-11-13(2)12-18-10-9-17(3)14-7-5-6-8-15(14)18/h5-8,16H,2,4,9-12H2,1,3H3. The molecule has 0 saturated carbocycles. The van der Waals surface area contributed by atoms with Gasteiger partial charge < -0.3 is 15.1 Å². The summed E-state index contributed by atoms with van der Waals surface area (Å²) < 4.78 is 0. The molecule has 1 aromatic rings. The van der Waals surface area contributed by atoms with Gasteiger partial charge in [-0.15, -0.1) is 0 Å². The van der Waals surface area contributed by atoms with Gasteiger partial charge in [0.05, 0.1) is 11.4 Å². The lowest BCUT2D eigenvalue weighted by Crippen LogP contribution is -2.40. The van der Waals surface area contributed by atoms with Gasteiger partial charge in [-0.25, -0.2) is 0 Å². The van der Waals surface area contributed by atoms with Crippen LogP contribution in [0, 0.1) is 0 Å². The zero-order chi connectivity index (χ0) is 13.0. The Morgan fingerprint density at radius 2 is 2.00 bits per heavy atom. The molecule has 98 valence electrons. The Morgan fingerprint density at radius 1 is 1.28 bits per heavy atom. The van der Waals surface area contributed by atoms with Crippen LogP contribution in [0.15, 0.2) is 36.4 Å². The summed E-state index contributed by atoms with van der Waals surface area (Å²) in [4.78, 5) is 4.74. The first-order valence-electron chi connectivity index (χ1n) is 6.65. The van der Waals surface area contributed by atoms with E-state index in [0.29, 0.717) is 0 Å². The van der Waals surface area contributed by atoms with Crippen LogP contribution in [-0.4, -0.2) is 39.8 Å². The lowest BCUT2D eigenvalue weighted by atomic mass is 10.1. The van der Waals surface area contributed by atoms with Crippen molar-refractivity contribution in [1.82, 2.24) is 5.32 Å². The van der Waals surface area contributed by atoms with E-state index in [1.807, 2.05) is 0 Å². The van der Waals surface area contributed by atoms with Gasteiger partial charge in [0.25, 0.3) is 0 Å². The summed E-state index contributed by atoms with van der Waals surface area (Å²) in [5.74, 6) is 0. The number of nitrogens with zero attached hydrogens (tertiary/aromatic N) is 2. The lowest BCUT2D eigenvalue weighted by molar-refractivity contribution is 0.722. The van der Waals surface area contributed by atoms with E-state index in [2.05, 4.69) is 59.9 Å². The fourth-order valence-corrected chi connectivity index (χ4v) is 2.36. The lowest BCUT2D eigenvalue weighted by Gasteiger charge is -2.37. The predicted octanol–water partition coefficient (Wildman–Crippen LogP) is 2.11. The molecule has 0 aliphatic carbocycles. The third-order valence-electron chi connectivity index (χ3n) is 3.38. The average Bonchev–Trinajstić information content (AvgIpc) is 2.40. The number of hydrogen-bond donors (Lipinski definition) is 1. The van der Waals surface area contributed by atoms with Crippen LogP contribution in [-0.2, 0) is 0 Å². The molecule has 0 radical (unpaired) electrons. The molecule has 0 fully saturated rings. The molecule has 0 saturated heterocycles. The fourth-order valence-electron chi connectivity index (χ4n) is 2.36. The third kappa shape index (κ3) is 2.85. The zero-order valence-corrected chi connectivity index (χ0v) is 11.4. The summed E-state index contributed by atoms with van der Waals surface area (Å²) in [6.07, 6.45) is 0. The minimum Gasteiger partial charge on any atom is -0.371 e. The van der Waals surface area contributed by atoms with Gasteiger partial charge in [-0.2, -0.15) is 0 Å². The van der Waals surface area contributed by atoms with Crippen molar-refractivity contribution in [2.24, 2.45) is 0 Å². The molecule has 1 N–H and O–H groups in total. The highest BCUT2D eigenvalue weighted by molar-refractivity contribution is 5.73. The molecule has 1 aliphatic rings. The predicted molar refractivity (Wildman–Crippen MR) is 79.6 cm³/mol. The topological polar surface area (TPSA) is 18.5 Å². The number of benzene rings is 1. The molecule has 0 spiro atoms. The monoisotopic (exact) mass is 245 g/mol. The molecule has 0 atom stereocenters. The van der Waals surface area contributed by atoms with Gasteiger partial charge in [0.1, 0.15) is 0 Å². The molecule has 0 amide bonds. The summed E-state index contributed by atoms with van der Waals surface area (Å²) in [5, 5.41) is 3.33. The van der Waals surface area contributed by atoms with E-state index in [-0.39, 0.29) is 0 Å². The first-order chi connectivity index (χ1) is 8.72. The van der Waals surface area contributed by atoms with Crippen molar-refractivity contribution in [3.8, 4) is 0 Å². The summed E-state index contributed by atoms with van der Waals surface area (Å²) in [6.45, 7) is 11.3. The normalized spacial score (nSPS) is 14.6. The Hall–Kier alpha value is -1.48. The SMILES string of the molecule is C=C(CNCC)CN1CCN(C)c2ccccc21. The van der Waals surface area contributed by atoms with Crippen molar-refractivity contribution < 1.29 is 0 Å². The maximum atomic E-state index is 4.16. The van der Waals surface area contributed by atoms with Gasteiger partial charge in [0, 0.05) is 33.2 Å². The maximum absolute atomic E-state index is 4.16. The van der Waals surface area contributed by atoms with Crippen molar-refractivity contribution in [2.45, 2.75) is 6.92 Å². The summed E-state index contributed by atoms with van der Waals surface area (Å²) in [5.41, 5.74) is 3.89. The zero-order valence-electron chi connectivity index (χ0n) is 11.4. The van der Waals surface area contributed by atoms with E-state index in [1.54, 1.807) is 0 Å². The van der Waals surface area contributed by atoms with Crippen molar-refractivity contribution in [2.75, 3.05) is 49.6 Å². The van der Waals surface area contributed by atoms with Gasteiger partial charge in [-0.1, -0.05) is 25.6 Å². The van der Waals surface area contributed by atoms with E-state index in [0.717, 1.165) is 32.7 Å². The number of likely N-dealkylation sites (N-methyl/N-ethyl adjacent to an activating group) is 2. The van der Waals surface area contributed by atoms with Crippen LogP contribution in [0.25, 0.3) is 0 Å². The summed E-state index contributed by atoms with van der Waals surface area (Å²) >= 11 is 0. The van der Waals surface area contributed by atoms with E-state index >= 15 is 0 Å². The molecular weight excluding hydrogens is 222 g/mol. The van der Waals surface area contributed by atoms with Crippen LogP contribution in [0.2, 0.25) is 0 Å². The number of fused-ring (bicyclic) bond motifs is 1. The number of para-hydroxylation sites is 2. The fraction of sp³-hybridized carbons (Fsp3) is 0.467. The van der Waals surface area contributed by atoms with Gasteiger partial charge in [-0.05, 0) is 24.3 Å². The molecule has 0 unspecified atom stereocenters. The van der Waals surface area contributed by atoms with Crippen molar-refractivity contribution in [3.63, 3.8) is 0 Å². The number of nitrogens with one attached hydrogen (secondary N) is 1. The molecule has 0 aromatic heterocycles. The average molecular weight is 245 g/mol. The van der Waals surface area contributed by atoms with Gasteiger partial charge >= 0.3 is 0 Å². The molecular formula is C15H23N3. The van der Waals surface area contributed by atoms with Gasteiger partial charge in [0.2, 0.25) is 0 Å². The van der Waals surface area contributed by atoms with Crippen LogP contribution in [0.1, 0.15) is 6.92 Å². The highest BCUT2D eigenvalue weighted by Gasteiger charge is 2.19. The van der Waals surface area contributed by atoms with Gasteiger partial charge in [0.15, 0.2) is 0 Å². The molecule has 3 nitrogen and oxygen atoms in total. The summed E-state index contributed by atoms with van der Waals surface area (Å²) in [6, 6.07) is 8.60. The first-order valence-corrected chi connectivity index (χ1v) is 6.65. The van der Waals surface area contributed by atoms with Crippen molar-refractivity contribution in [3.05, 3.63) is 36.4 Å². The molecule has 3 heteroatoms. The molecule has 1 heterocycles. The first kappa shape index (κ1) is 13.0. The minimum absolute atomic E-state index is 0.908. The van der Waals surface area contributed by atoms with Crippen LogP contribution < -0.4 is 15.1 Å². The van der Waals surface area contributed by atoms with E-state index in [9.17, 15) is 0 Å². The Labute approximate surface area is 110 Å². The second kappa shape index (κ2) is 5.91. The van der Waals surface area contributed by atoms with Gasteiger partial charge in [-0.3, -0.25) is 0 Å². The highest BCUT2D eigenvalue weighted by Crippen LogP contribution is 2.31. The third-order valence-corrected chi connectivity index (χ3v) is 3.38. The second-order valence-corrected chi connectivity index (χ2v) is 4.86. The second-order valence-electron chi connectivity index (χ2n) is 4.86. The number of hydrogen-bond acceptors (Lipinski definition) is 3. The minimum atomic E-state index is 0.908. The quantitative estimate of drug-likeness (QED) is 0.802. The van der Waals surface area contributed by atoms with E-state index in [1.165, 1.54) is 16.9 Å². The van der Waals surface area contributed by atoms with Crippen LogP contribution in [0.4, 0.5) is 11.4 Å². The highest BCUT2D eigenvalue weighted by atomic mass is 15.2. The maximum Gasteiger partial charge on any atom is 0.0607 e. The smallest absolute Gasteiger partial charge is 0.0607 e. The largest absolute Gasteiger partial charge is 0.371 e. The molecule has 2 rings (SSSR count). The Balaban J connectivity index is 2.07. The van der Waals surface area contributed by atoms with Crippen molar-refractivity contribution in [1.29, 1.82) is 0 Å². The van der Waals surface area contributed by atoms with Crippen LogP contribution >= 0.6 is 0 Å². The molecule has 1 aromatic carbocycles.